The Kier molecular flexibility index (Phi) is 4.14. The molecule has 0 radical (unpaired) electrons. The van der Waals surface area contributed by atoms with Gasteiger partial charge in [0.25, 0.3) is 0 Å². The molecule has 1 N–H and O–H groups in total. The largest absolute Gasteiger partial charge is 0.315 e. The lowest BCUT2D eigenvalue weighted by molar-refractivity contribution is -0.121. The van der Waals surface area contributed by atoms with Crippen molar-refractivity contribution in [3.8, 4) is 0 Å². The van der Waals surface area contributed by atoms with E-state index in [1.807, 2.05) is 0 Å². The van der Waals surface area contributed by atoms with Crippen molar-refractivity contribution in [1.82, 2.24) is 5.32 Å². The molecule has 0 aliphatic carbocycles. The van der Waals surface area contributed by atoms with Crippen LogP contribution in [0.1, 0.15) is 20.3 Å². The van der Waals surface area contributed by atoms with Crippen molar-refractivity contribution >= 4 is 11.6 Å². The summed E-state index contributed by atoms with van der Waals surface area (Å²) in [4.78, 5) is 13.9. The first-order chi connectivity index (χ1) is 9.00. The minimum Gasteiger partial charge on any atom is -0.315 e. The average molecular weight is 268 g/mol. The predicted octanol–water partition coefficient (Wildman–Crippen LogP) is 2.32. The van der Waals surface area contributed by atoms with Crippen molar-refractivity contribution < 1.29 is 13.6 Å². The van der Waals surface area contributed by atoms with Crippen molar-refractivity contribution in [2.45, 2.75) is 26.3 Å². The summed E-state index contributed by atoms with van der Waals surface area (Å²) in [6, 6.07) is 3.61. The third-order valence-corrected chi connectivity index (χ3v) is 3.31. The summed E-state index contributed by atoms with van der Waals surface area (Å²) >= 11 is 0. The van der Waals surface area contributed by atoms with Gasteiger partial charge in [0.05, 0.1) is 6.04 Å². The SMILES string of the molecule is CC(C)C(=O)N(c1ccc(F)c(F)c1)[C@H]1CCNC1. The van der Waals surface area contributed by atoms with E-state index in [0.29, 0.717) is 12.2 Å². The van der Waals surface area contributed by atoms with Gasteiger partial charge in [-0.3, -0.25) is 4.79 Å². The topological polar surface area (TPSA) is 32.3 Å². The van der Waals surface area contributed by atoms with E-state index < -0.39 is 11.6 Å². The fourth-order valence-electron chi connectivity index (χ4n) is 2.29. The maximum atomic E-state index is 13.4. The molecule has 1 aromatic carbocycles. The molecule has 0 bridgehead atoms. The summed E-state index contributed by atoms with van der Waals surface area (Å²) in [6.45, 7) is 5.11. The molecule has 0 spiro atoms. The molecule has 0 saturated carbocycles. The molecule has 1 aliphatic heterocycles. The van der Waals surface area contributed by atoms with Crippen molar-refractivity contribution in [3.05, 3.63) is 29.8 Å². The quantitative estimate of drug-likeness (QED) is 0.912. The highest BCUT2D eigenvalue weighted by Gasteiger charge is 2.29. The molecule has 5 heteroatoms. The van der Waals surface area contributed by atoms with Gasteiger partial charge in [0.15, 0.2) is 11.6 Å². The number of halogens is 2. The van der Waals surface area contributed by atoms with Gasteiger partial charge >= 0.3 is 0 Å². The maximum absolute atomic E-state index is 13.4. The number of nitrogens with one attached hydrogen (secondary N) is 1. The summed E-state index contributed by atoms with van der Waals surface area (Å²) in [5, 5.41) is 3.18. The van der Waals surface area contributed by atoms with Crippen LogP contribution in [-0.2, 0) is 4.79 Å². The Morgan fingerprint density at radius 2 is 2.11 bits per heavy atom. The number of carbonyl (C=O) groups is 1. The molecule has 1 aromatic rings. The molecular weight excluding hydrogens is 250 g/mol. The lowest BCUT2D eigenvalue weighted by atomic mass is 10.1. The fraction of sp³-hybridized carbons (Fsp3) is 0.500. The lowest BCUT2D eigenvalue weighted by Crippen LogP contribution is -2.44. The first-order valence-corrected chi connectivity index (χ1v) is 6.49. The molecule has 1 aliphatic rings. The molecule has 0 unspecified atom stereocenters. The summed E-state index contributed by atoms with van der Waals surface area (Å²) in [5.74, 6) is -2.08. The number of carbonyl (C=O) groups excluding carboxylic acids is 1. The second-order valence-corrected chi connectivity index (χ2v) is 5.11. The molecule has 2 rings (SSSR count). The normalized spacial score (nSPS) is 18.9. The van der Waals surface area contributed by atoms with Gasteiger partial charge in [0, 0.05) is 24.2 Å². The van der Waals surface area contributed by atoms with E-state index in [1.54, 1.807) is 18.7 Å². The second kappa shape index (κ2) is 5.65. The van der Waals surface area contributed by atoms with Crippen LogP contribution in [0.4, 0.5) is 14.5 Å². The highest BCUT2D eigenvalue weighted by Crippen LogP contribution is 2.24. The van der Waals surface area contributed by atoms with Crippen LogP contribution >= 0.6 is 0 Å². The summed E-state index contributed by atoms with van der Waals surface area (Å²) in [6.07, 6.45) is 0.817. The van der Waals surface area contributed by atoms with Gasteiger partial charge < -0.3 is 10.2 Å². The monoisotopic (exact) mass is 268 g/mol. The molecule has 1 saturated heterocycles. The Labute approximate surface area is 111 Å². The number of hydrogen-bond acceptors (Lipinski definition) is 2. The highest BCUT2D eigenvalue weighted by molar-refractivity contribution is 5.95. The van der Waals surface area contributed by atoms with Crippen LogP contribution in [0.2, 0.25) is 0 Å². The van der Waals surface area contributed by atoms with Crippen LogP contribution in [0.15, 0.2) is 18.2 Å². The molecular formula is C14H18F2N2O. The van der Waals surface area contributed by atoms with E-state index in [2.05, 4.69) is 5.32 Å². The molecule has 104 valence electrons. The molecule has 19 heavy (non-hydrogen) atoms. The van der Waals surface area contributed by atoms with E-state index >= 15 is 0 Å². The van der Waals surface area contributed by atoms with Crippen LogP contribution in [-0.4, -0.2) is 25.0 Å². The Bertz CT molecular complexity index is 471. The highest BCUT2D eigenvalue weighted by atomic mass is 19.2. The fourth-order valence-corrected chi connectivity index (χ4v) is 2.29. The second-order valence-electron chi connectivity index (χ2n) is 5.11. The molecule has 1 fully saturated rings. The first kappa shape index (κ1) is 13.9. The van der Waals surface area contributed by atoms with Crippen molar-refractivity contribution in [3.63, 3.8) is 0 Å². The van der Waals surface area contributed by atoms with Gasteiger partial charge in [0.1, 0.15) is 0 Å². The van der Waals surface area contributed by atoms with Crippen LogP contribution in [0, 0.1) is 17.6 Å². The van der Waals surface area contributed by atoms with Gasteiger partial charge in [-0.05, 0) is 25.1 Å². The van der Waals surface area contributed by atoms with E-state index in [4.69, 9.17) is 0 Å². The third-order valence-electron chi connectivity index (χ3n) is 3.31. The van der Waals surface area contributed by atoms with Gasteiger partial charge in [-0.15, -0.1) is 0 Å². The van der Waals surface area contributed by atoms with Crippen LogP contribution in [0.3, 0.4) is 0 Å². The maximum Gasteiger partial charge on any atom is 0.229 e. The van der Waals surface area contributed by atoms with Crippen LogP contribution < -0.4 is 10.2 Å². The van der Waals surface area contributed by atoms with Crippen LogP contribution in [0.25, 0.3) is 0 Å². The van der Waals surface area contributed by atoms with Crippen molar-refractivity contribution in [1.29, 1.82) is 0 Å². The number of hydrogen-bond donors (Lipinski definition) is 1. The zero-order chi connectivity index (χ0) is 14.0. The number of rotatable bonds is 3. The van der Waals surface area contributed by atoms with E-state index in [-0.39, 0.29) is 17.9 Å². The zero-order valence-electron chi connectivity index (χ0n) is 11.1. The van der Waals surface area contributed by atoms with E-state index in [9.17, 15) is 13.6 Å². The van der Waals surface area contributed by atoms with Crippen molar-refractivity contribution in [2.75, 3.05) is 18.0 Å². The predicted molar refractivity (Wildman–Crippen MR) is 70.0 cm³/mol. The van der Waals surface area contributed by atoms with E-state index in [0.717, 1.165) is 25.1 Å². The van der Waals surface area contributed by atoms with Crippen LogP contribution in [0.5, 0.6) is 0 Å². The minimum absolute atomic E-state index is 0.000221. The zero-order valence-corrected chi connectivity index (χ0v) is 11.1. The average Bonchev–Trinajstić information content (AvgIpc) is 2.87. The van der Waals surface area contributed by atoms with Gasteiger partial charge in [-0.2, -0.15) is 0 Å². The number of amides is 1. The molecule has 1 amide bonds. The number of anilines is 1. The molecule has 3 nitrogen and oxygen atoms in total. The standard InChI is InChI=1S/C14H18F2N2O/c1-9(2)14(19)18(11-5-6-17-8-11)10-3-4-12(15)13(16)7-10/h3-4,7,9,11,17H,5-6,8H2,1-2H3/t11-/m0/s1. The third kappa shape index (κ3) is 2.92. The smallest absolute Gasteiger partial charge is 0.229 e. The Balaban J connectivity index is 2.35. The summed E-state index contributed by atoms with van der Waals surface area (Å²) < 4.78 is 26.4. The molecule has 0 aromatic heterocycles. The Morgan fingerprint density at radius 1 is 1.37 bits per heavy atom. The summed E-state index contributed by atoms with van der Waals surface area (Å²) in [7, 11) is 0. The molecule has 1 heterocycles. The number of nitrogens with zero attached hydrogens (tertiary/aromatic N) is 1. The van der Waals surface area contributed by atoms with Gasteiger partial charge in [-0.1, -0.05) is 13.8 Å². The minimum atomic E-state index is -0.926. The van der Waals surface area contributed by atoms with Gasteiger partial charge in [0.2, 0.25) is 5.91 Å². The molecule has 1 atom stereocenters. The van der Waals surface area contributed by atoms with Gasteiger partial charge in [-0.25, -0.2) is 8.78 Å². The number of benzene rings is 1. The Hall–Kier alpha value is -1.49. The summed E-state index contributed by atoms with van der Waals surface area (Å²) in [5.41, 5.74) is 0.423. The lowest BCUT2D eigenvalue weighted by Gasteiger charge is -2.30. The van der Waals surface area contributed by atoms with Crippen molar-refractivity contribution in [2.24, 2.45) is 5.92 Å². The Morgan fingerprint density at radius 3 is 2.63 bits per heavy atom. The van der Waals surface area contributed by atoms with E-state index in [1.165, 1.54) is 6.07 Å². The first-order valence-electron chi connectivity index (χ1n) is 6.49.